The Morgan fingerprint density at radius 2 is 1.73 bits per heavy atom. The van der Waals surface area contributed by atoms with Gasteiger partial charge in [-0.25, -0.2) is 0 Å². The van der Waals surface area contributed by atoms with Gasteiger partial charge in [-0.1, -0.05) is 24.3 Å². The second-order valence-corrected chi connectivity index (χ2v) is 6.98. The van der Waals surface area contributed by atoms with Gasteiger partial charge in [0.25, 0.3) is 0 Å². The molecule has 0 saturated heterocycles. The summed E-state index contributed by atoms with van der Waals surface area (Å²) in [6.07, 6.45) is 10.2. The molecule has 4 rings (SSSR count). The van der Waals surface area contributed by atoms with Crippen LogP contribution >= 0.6 is 22.7 Å². The van der Waals surface area contributed by atoms with Crippen LogP contribution in [-0.4, -0.2) is 4.98 Å². The molecule has 22 heavy (non-hydrogen) atoms. The number of hydrogen-bond donors (Lipinski definition) is 1. The summed E-state index contributed by atoms with van der Waals surface area (Å²) in [7, 11) is 0. The third kappa shape index (κ3) is 2.21. The van der Waals surface area contributed by atoms with Crippen LogP contribution in [0.3, 0.4) is 0 Å². The van der Waals surface area contributed by atoms with Gasteiger partial charge in [0.1, 0.15) is 5.54 Å². The van der Waals surface area contributed by atoms with Crippen molar-refractivity contribution in [3.63, 3.8) is 0 Å². The first kappa shape index (κ1) is 13.5. The highest BCUT2D eigenvalue weighted by Crippen LogP contribution is 2.39. The highest BCUT2D eigenvalue weighted by Gasteiger charge is 2.34. The van der Waals surface area contributed by atoms with Crippen molar-refractivity contribution < 1.29 is 0 Å². The molecule has 0 atom stereocenters. The largest absolute Gasteiger partial charge is 0.373 e. The Labute approximate surface area is 137 Å². The van der Waals surface area contributed by atoms with Gasteiger partial charge in [-0.2, -0.15) is 0 Å². The van der Waals surface area contributed by atoms with E-state index in [0.29, 0.717) is 0 Å². The van der Waals surface area contributed by atoms with E-state index in [9.17, 15) is 0 Å². The summed E-state index contributed by atoms with van der Waals surface area (Å²) < 4.78 is 0. The molecule has 0 unspecified atom stereocenters. The highest BCUT2D eigenvalue weighted by molar-refractivity contribution is 7.11. The number of rotatable bonds is 3. The molecule has 0 aliphatic carbocycles. The number of pyridine rings is 1. The van der Waals surface area contributed by atoms with Crippen molar-refractivity contribution in [2.24, 2.45) is 0 Å². The average Bonchev–Trinajstić information content (AvgIpc) is 3.30. The lowest BCUT2D eigenvalue weighted by Gasteiger charge is -2.32. The minimum Gasteiger partial charge on any atom is -0.373 e. The summed E-state index contributed by atoms with van der Waals surface area (Å²) in [5.74, 6) is 0. The maximum atomic E-state index is 4.20. The van der Waals surface area contributed by atoms with Gasteiger partial charge in [-0.3, -0.25) is 4.98 Å². The fourth-order valence-electron chi connectivity index (χ4n) is 2.65. The molecule has 1 aliphatic rings. The molecule has 0 saturated carbocycles. The lowest BCUT2D eigenvalue weighted by atomic mass is 9.90. The first-order valence-corrected chi connectivity index (χ1v) is 8.80. The zero-order chi connectivity index (χ0) is 14.8. The van der Waals surface area contributed by atoms with Crippen molar-refractivity contribution in [3.05, 3.63) is 93.2 Å². The van der Waals surface area contributed by atoms with Gasteiger partial charge in [0.2, 0.25) is 0 Å². The SMILES string of the molecule is C1=CC(c2cccs2)(c2cccs2)NC=C1c1cccnc1. The van der Waals surface area contributed by atoms with Gasteiger partial charge in [-0.05, 0) is 40.6 Å². The molecule has 0 fully saturated rings. The molecule has 4 heteroatoms. The summed E-state index contributed by atoms with van der Waals surface area (Å²) in [4.78, 5) is 6.80. The van der Waals surface area contributed by atoms with Gasteiger partial charge >= 0.3 is 0 Å². The number of nitrogens with zero attached hydrogens (tertiary/aromatic N) is 1. The maximum Gasteiger partial charge on any atom is 0.125 e. The van der Waals surface area contributed by atoms with E-state index in [4.69, 9.17) is 0 Å². The van der Waals surface area contributed by atoms with Crippen molar-refractivity contribution in [2.45, 2.75) is 5.54 Å². The summed E-state index contributed by atoms with van der Waals surface area (Å²) in [5.41, 5.74) is 2.02. The molecular formula is C18H14N2S2. The monoisotopic (exact) mass is 322 g/mol. The number of dihydropyridines is 1. The molecule has 0 spiro atoms. The van der Waals surface area contributed by atoms with Crippen molar-refractivity contribution >= 4 is 28.2 Å². The van der Waals surface area contributed by atoms with Crippen LogP contribution in [0.2, 0.25) is 0 Å². The van der Waals surface area contributed by atoms with E-state index in [-0.39, 0.29) is 5.54 Å². The standard InChI is InChI=1S/C18H14N2S2/c1-4-14(12-19-9-1)15-7-8-18(20-13-15,16-5-2-10-21-16)17-6-3-11-22-17/h1-13,20H. The summed E-state index contributed by atoms with van der Waals surface area (Å²) in [6, 6.07) is 12.6. The predicted octanol–water partition coefficient (Wildman–Crippen LogP) is 4.65. The van der Waals surface area contributed by atoms with Crippen molar-refractivity contribution in [3.8, 4) is 0 Å². The zero-order valence-corrected chi connectivity index (χ0v) is 13.4. The number of allylic oxidation sites excluding steroid dienone is 2. The third-order valence-corrected chi connectivity index (χ3v) is 5.79. The highest BCUT2D eigenvalue weighted by atomic mass is 32.1. The predicted molar refractivity (Wildman–Crippen MR) is 93.9 cm³/mol. The number of aromatic nitrogens is 1. The summed E-state index contributed by atoms with van der Waals surface area (Å²) in [5, 5.41) is 7.88. The topological polar surface area (TPSA) is 24.9 Å². The van der Waals surface area contributed by atoms with E-state index < -0.39 is 0 Å². The summed E-state index contributed by atoms with van der Waals surface area (Å²) >= 11 is 3.55. The second-order valence-electron chi connectivity index (χ2n) is 5.08. The van der Waals surface area contributed by atoms with Crippen LogP contribution in [0.4, 0.5) is 0 Å². The first-order valence-electron chi connectivity index (χ1n) is 7.04. The number of nitrogens with one attached hydrogen (secondary N) is 1. The molecule has 0 radical (unpaired) electrons. The fraction of sp³-hybridized carbons (Fsp3) is 0.0556. The van der Waals surface area contributed by atoms with Crippen LogP contribution in [0.1, 0.15) is 15.3 Å². The smallest absolute Gasteiger partial charge is 0.125 e. The van der Waals surface area contributed by atoms with E-state index in [2.05, 4.69) is 69.7 Å². The zero-order valence-electron chi connectivity index (χ0n) is 11.8. The average molecular weight is 322 g/mol. The number of thiophene rings is 2. The second kappa shape index (κ2) is 5.55. The van der Waals surface area contributed by atoms with Gasteiger partial charge in [-0.15, -0.1) is 22.7 Å². The molecule has 0 amide bonds. The van der Waals surface area contributed by atoms with Crippen LogP contribution in [-0.2, 0) is 5.54 Å². The molecule has 1 aliphatic heterocycles. The molecule has 3 aromatic rings. The summed E-state index contributed by atoms with van der Waals surface area (Å²) in [6.45, 7) is 0. The lowest BCUT2D eigenvalue weighted by molar-refractivity contribution is 0.592. The van der Waals surface area contributed by atoms with Crippen LogP contribution in [0.25, 0.3) is 5.57 Å². The van der Waals surface area contributed by atoms with E-state index in [0.717, 1.165) is 11.1 Å². The van der Waals surface area contributed by atoms with Crippen molar-refractivity contribution in [1.29, 1.82) is 0 Å². The maximum absolute atomic E-state index is 4.20. The Morgan fingerprint density at radius 3 is 2.23 bits per heavy atom. The molecule has 4 heterocycles. The van der Waals surface area contributed by atoms with E-state index in [1.54, 1.807) is 28.9 Å². The minimum atomic E-state index is -0.256. The van der Waals surface area contributed by atoms with Crippen LogP contribution < -0.4 is 5.32 Å². The normalized spacial score (nSPS) is 16.1. The van der Waals surface area contributed by atoms with Gasteiger partial charge in [0, 0.05) is 33.9 Å². The Morgan fingerprint density at radius 1 is 0.955 bits per heavy atom. The van der Waals surface area contributed by atoms with Gasteiger partial charge in [0.05, 0.1) is 0 Å². The van der Waals surface area contributed by atoms with E-state index in [1.165, 1.54) is 9.75 Å². The van der Waals surface area contributed by atoms with Crippen LogP contribution in [0.5, 0.6) is 0 Å². The first-order chi connectivity index (χ1) is 10.9. The molecular weight excluding hydrogens is 308 g/mol. The Bertz CT molecular complexity index is 766. The van der Waals surface area contributed by atoms with Crippen molar-refractivity contribution in [2.75, 3.05) is 0 Å². The third-order valence-electron chi connectivity index (χ3n) is 3.78. The van der Waals surface area contributed by atoms with Gasteiger partial charge < -0.3 is 5.32 Å². The molecule has 1 N–H and O–H groups in total. The lowest BCUT2D eigenvalue weighted by Crippen LogP contribution is -2.38. The van der Waals surface area contributed by atoms with Gasteiger partial charge in [0.15, 0.2) is 0 Å². The Hall–Kier alpha value is -2.17. The molecule has 3 aromatic heterocycles. The van der Waals surface area contributed by atoms with Crippen LogP contribution in [0, 0.1) is 0 Å². The minimum absolute atomic E-state index is 0.256. The molecule has 0 bridgehead atoms. The fourth-order valence-corrected chi connectivity index (χ4v) is 4.48. The number of hydrogen-bond acceptors (Lipinski definition) is 4. The Balaban J connectivity index is 1.75. The van der Waals surface area contributed by atoms with E-state index >= 15 is 0 Å². The van der Waals surface area contributed by atoms with E-state index in [1.807, 2.05) is 12.3 Å². The molecule has 2 nitrogen and oxygen atoms in total. The van der Waals surface area contributed by atoms with Crippen LogP contribution in [0.15, 0.2) is 77.9 Å². The quantitative estimate of drug-likeness (QED) is 0.759. The Kier molecular flexibility index (Phi) is 3.41. The molecule has 108 valence electrons. The molecule has 0 aromatic carbocycles. The van der Waals surface area contributed by atoms with Crippen molar-refractivity contribution in [1.82, 2.24) is 10.3 Å².